The van der Waals surface area contributed by atoms with E-state index in [-0.39, 0.29) is 6.61 Å². The molecule has 1 saturated heterocycles. The van der Waals surface area contributed by atoms with Gasteiger partial charge >= 0.3 is 0 Å². The van der Waals surface area contributed by atoms with E-state index in [2.05, 4.69) is 0 Å². The summed E-state index contributed by atoms with van der Waals surface area (Å²) >= 11 is 0. The van der Waals surface area contributed by atoms with E-state index < -0.39 is 24.4 Å². The highest BCUT2D eigenvalue weighted by molar-refractivity contribution is 5.01. The van der Waals surface area contributed by atoms with Crippen molar-refractivity contribution in [2.45, 2.75) is 82.1 Å². The number of likely N-dealkylation sites (tertiary alicyclic amines) is 1. The number of hydrogen-bond acceptors (Lipinski definition) is 6. The maximum Gasteiger partial charge on any atom is 0.109 e. The minimum Gasteiger partial charge on any atom is -0.395 e. The van der Waals surface area contributed by atoms with Crippen molar-refractivity contribution in [1.29, 1.82) is 0 Å². The maximum absolute atomic E-state index is 10.0. The zero-order chi connectivity index (χ0) is 19.7. The van der Waals surface area contributed by atoms with Gasteiger partial charge in [-0.2, -0.15) is 0 Å². The Morgan fingerprint density at radius 1 is 0.857 bits per heavy atom. The molecule has 0 radical (unpaired) electrons. The van der Waals surface area contributed by atoms with Gasteiger partial charge in [-0.25, -0.2) is 0 Å². The van der Waals surface area contributed by atoms with E-state index in [4.69, 9.17) is 4.74 Å². The molecule has 4 saturated carbocycles. The predicted molar refractivity (Wildman–Crippen MR) is 106 cm³/mol. The normalized spacial score (nSPS) is 45.6. The number of aliphatic hydroxyl groups excluding tert-OH is 4. The molecule has 4 N–H and O–H groups in total. The van der Waals surface area contributed by atoms with Crippen LogP contribution in [0.1, 0.15) is 57.8 Å². The van der Waals surface area contributed by atoms with Crippen LogP contribution >= 0.6 is 0 Å². The number of rotatable bonds is 9. The summed E-state index contributed by atoms with van der Waals surface area (Å²) in [7, 11) is 0. The molecule has 28 heavy (non-hydrogen) atoms. The Hall–Kier alpha value is -0.240. The van der Waals surface area contributed by atoms with Crippen LogP contribution in [0.2, 0.25) is 0 Å². The second kappa shape index (κ2) is 8.86. The van der Waals surface area contributed by atoms with Gasteiger partial charge in [0.1, 0.15) is 12.2 Å². The Balaban J connectivity index is 1.11. The zero-order valence-electron chi connectivity index (χ0n) is 17.1. The smallest absolute Gasteiger partial charge is 0.109 e. The van der Waals surface area contributed by atoms with Crippen LogP contribution in [0.15, 0.2) is 0 Å². The van der Waals surface area contributed by atoms with Crippen molar-refractivity contribution in [3.8, 4) is 0 Å². The lowest BCUT2D eigenvalue weighted by Crippen LogP contribution is -2.62. The van der Waals surface area contributed by atoms with Crippen molar-refractivity contribution in [3.63, 3.8) is 0 Å². The van der Waals surface area contributed by atoms with Crippen molar-refractivity contribution in [3.05, 3.63) is 0 Å². The number of ether oxygens (including phenoxy) is 1. The van der Waals surface area contributed by atoms with E-state index >= 15 is 0 Å². The molecular weight excluding hydrogens is 358 g/mol. The summed E-state index contributed by atoms with van der Waals surface area (Å²) in [5.41, 5.74) is 0.490. The molecule has 0 aromatic rings. The Bertz CT molecular complexity index is 480. The van der Waals surface area contributed by atoms with Crippen molar-refractivity contribution in [2.24, 2.45) is 23.2 Å². The van der Waals surface area contributed by atoms with E-state index in [0.717, 1.165) is 50.2 Å². The lowest BCUT2D eigenvalue weighted by atomic mass is 9.50. The van der Waals surface area contributed by atoms with E-state index in [1.54, 1.807) is 0 Å². The van der Waals surface area contributed by atoms with Gasteiger partial charge in [0, 0.05) is 13.2 Å². The molecule has 4 bridgehead atoms. The average Bonchev–Trinajstić information content (AvgIpc) is 2.64. The molecule has 0 unspecified atom stereocenters. The first kappa shape index (κ1) is 21.0. The van der Waals surface area contributed by atoms with Crippen LogP contribution in [0, 0.1) is 23.2 Å². The standard InChI is InChI=1S/C22H39NO5/c24-13-18-20(26)21(27)19(25)12-23(18)4-2-1-3-5-28-14-22-9-15-6-16(10-22)8-17(7-15)11-22/h15-21,24-27H,1-14H2/t15-,16-,17?,18-,19-,20+,21-,22?/m1/s1. The Morgan fingerprint density at radius 3 is 2.11 bits per heavy atom. The molecule has 0 aromatic carbocycles. The Morgan fingerprint density at radius 2 is 1.50 bits per heavy atom. The fraction of sp³-hybridized carbons (Fsp3) is 1.00. The number of nitrogens with zero attached hydrogens (tertiary/aromatic N) is 1. The van der Waals surface area contributed by atoms with Crippen LogP contribution in [0.5, 0.6) is 0 Å². The fourth-order valence-electron chi connectivity index (χ4n) is 7.09. The van der Waals surface area contributed by atoms with Gasteiger partial charge in [-0.3, -0.25) is 4.90 Å². The molecule has 6 nitrogen and oxygen atoms in total. The molecule has 4 atom stereocenters. The molecule has 1 aliphatic heterocycles. The van der Waals surface area contributed by atoms with E-state index in [9.17, 15) is 20.4 Å². The van der Waals surface area contributed by atoms with E-state index in [1.807, 2.05) is 4.90 Å². The van der Waals surface area contributed by atoms with Gasteiger partial charge in [0.25, 0.3) is 0 Å². The average molecular weight is 398 g/mol. The van der Waals surface area contributed by atoms with Crippen LogP contribution < -0.4 is 0 Å². The summed E-state index contributed by atoms with van der Waals surface area (Å²) in [6.45, 7) is 2.56. The fourth-order valence-corrected chi connectivity index (χ4v) is 7.09. The lowest BCUT2D eigenvalue weighted by molar-refractivity contribution is -0.145. The van der Waals surface area contributed by atoms with E-state index in [0.29, 0.717) is 18.5 Å². The molecule has 0 aromatic heterocycles. The van der Waals surface area contributed by atoms with Gasteiger partial charge in [-0.1, -0.05) is 0 Å². The van der Waals surface area contributed by atoms with Crippen molar-refractivity contribution in [2.75, 3.05) is 32.9 Å². The minimum absolute atomic E-state index is 0.209. The molecule has 0 spiro atoms. The summed E-state index contributed by atoms with van der Waals surface area (Å²) in [5, 5.41) is 39.2. The highest BCUT2D eigenvalue weighted by atomic mass is 16.5. The maximum atomic E-state index is 10.0. The second-order valence-corrected chi connectivity index (χ2v) is 10.3. The number of hydrogen-bond donors (Lipinski definition) is 4. The molecule has 0 amide bonds. The highest BCUT2D eigenvalue weighted by Gasteiger charge is 2.50. The van der Waals surface area contributed by atoms with Crippen molar-refractivity contribution in [1.82, 2.24) is 4.90 Å². The molecule has 5 aliphatic rings. The third kappa shape index (κ3) is 4.42. The second-order valence-electron chi connectivity index (χ2n) is 10.3. The number of aliphatic hydroxyl groups is 4. The van der Waals surface area contributed by atoms with Gasteiger partial charge in [0.15, 0.2) is 0 Å². The zero-order valence-corrected chi connectivity index (χ0v) is 17.1. The van der Waals surface area contributed by atoms with Gasteiger partial charge in [-0.05, 0) is 87.5 Å². The molecule has 162 valence electrons. The van der Waals surface area contributed by atoms with Gasteiger partial charge in [0.05, 0.1) is 25.4 Å². The van der Waals surface area contributed by atoms with Crippen LogP contribution in [-0.2, 0) is 4.74 Å². The largest absolute Gasteiger partial charge is 0.395 e. The number of piperidine rings is 1. The van der Waals surface area contributed by atoms with Crippen LogP contribution in [-0.4, -0.2) is 82.6 Å². The summed E-state index contributed by atoms with van der Waals surface area (Å²) in [6, 6.07) is -0.495. The summed E-state index contributed by atoms with van der Waals surface area (Å²) in [4.78, 5) is 1.90. The number of unbranched alkanes of at least 4 members (excludes halogenated alkanes) is 2. The highest BCUT2D eigenvalue weighted by Crippen LogP contribution is 2.60. The Kier molecular flexibility index (Phi) is 6.65. The molecule has 6 heteroatoms. The number of β-amino-alcohol motifs (C(OH)–C–C–N with tert-alkyl or cyclic N) is 1. The lowest BCUT2D eigenvalue weighted by Gasteiger charge is -2.56. The minimum atomic E-state index is -1.17. The molecule has 5 rings (SSSR count). The summed E-state index contributed by atoms with van der Waals surface area (Å²) in [5.74, 6) is 2.93. The van der Waals surface area contributed by atoms with Crippen molar-refractivity contribution < 1.29 is 25.2 Å². The van der Waals surface area contributed by atoms with E-state index in [1.165, 1.54) is 38.5 Å². The summed E-state index contributed by atoms with van der Waals surface area (Å²) in [6.07, 6.45) is 8.38. The third-order valence-electron chi connectivity index (χ3n) is 8.02. The monoisotopic (exact) mass is 397 g/mol. The van der Waals surface area contributed by atoms with Crippen LogP contribution in [0.3, 0.4) is 0 Å². The predicted octanol–water partition coefficient (Wildman–Crippen LogP) is 1.15. The topological polar surface area (TPSA) is 93.4 Å². The van der Waals surface area contributed by atoms with Gasteiger partial charge in [0.2, 0.25) is 0 Å². The van der Waals surface area contributed by atoms with Gasteiger partial charge < -0.3 is 25.2 Å². The van der Waals surface area contributed by atoms with Crippen molar-refractivity contribution >= 4 is 0 Å². The first-order chi connectivity index (χ1) is 13.5. The molecular formula is C22H39NO5. The third-order valence-corrected chi connectivity index (χ3v) is 8.02. The first-order valence-electron chi connectivity index (χ1n) is 11.5. The summed E-state index contributed by atoms with van der Waals surface area (Å²) < 4.78 is 6.13. The van der Waals surface area contributed by atoms with Crippen LogP contribution in [0.4, 0.5) is 0 Å². The molecule has 4 aliphatic carbocycles. The quantitative estimate of drug-likeness (QED) is 0.436. The van der Waals surface area contributed by atoms with Crippen LogP contribution in [0.25, 0.3) is 0 Å². The molecule has 5 fully saturated rings. The molecule has 1 heterocycles. The SMILES string of the molecule is OC[C@@H]1[C@H](O)[C@H](O)[C@H](O)CN1CCCCCOCC12CC3C[C@H](C1)C[C@H](C3)C2. The first-order valence-corrected chi connectivity index (χ1v) is 11.5. The van der Waals surface area contributed by atoms with Gasteiger partial charge in [-0.15, -0.1) is 0 Å². The Labute approximate surface area is 168 Å².